The molecule has 1 N–H and O–H groups in total. The SMILES string of the molecule is COc1cc(C(=O)NCCCSC)ccc1OC1CCN(C(C)=O)CC1. The molecule has 2 rings (SSSR count). The molecule has 0 bridgehead atoms. The van der Waals surface area contributed by atoms with Crippen LogP contribution in [0.4, 0.5) is 0 Å². The highest BCUT2D eigenvalue weighted by molar-refractivity contribution is 7.98. The van der Waals surface area contributed by atoms with Gasteiger partial charge < -0.3 is 19.7 Å². The summed E-state index contributed by atoms with van der Waals surface area (Å²) in [5.41, 5.74) is 0.560. The van der Waals surface area contributed by atoms with Gasteiger partial charge in [-0.3, -0.25) is 9.59 Å². The van der Waals surface area contributed by atoms with Gasteiger partial charge in [0.2, 0.25) is 5.91 Å². The molecule has 1 aromatic carbocycles. The van der Waals surface area contributed by atoms with E-state index in [1.807, 2.05) is 4.90 Å². The minimum atomic E-state index is -0.106. The van der Waals surface area contributed by atoms with Crippen LogP contribution >= 0.6 is 11.8 Å². The molecule has 0 atom stereocenters. The zero-order valence-corrected chi connectivity index (χ0v) is 16.6. The zero-order valence-electron chi connectivity index (χ0n) is 15.7. The van der Waals surface area contributed by atoms with Crippen molar-refractivity contribution in [2.45, 2.75) is 32.3 Å². The van der Waals surface area contributed by atoms with E-state index in [2.05, 4.69) is 11.6 Å². The molecular formula is C19H28N2O4S. The van der Waals surface area contributed by atoms with Crippen LogP contribution in [0.2, 0.25) is 0 Å². The number of thioether (sulfide) groups is 1. The number of amides is 2. The van der Waals surface area contributed by atoms with Crippen molar-refractivity contribution in [1.82, 2.24) is 10.2 Å². The Morgan fingerprint density at radius 3 is 2.62 bits per heavy atom. The molecule has 6 nitrogen and oxygen atoms in total. The van der Waals surface area contributed by atoms with Crippen LogP contribution in [-0.2, 0) is 4.79 Å². The third kappa shape index (κ3) is 5.83. The van der Waals surface area contributed by atoms with Crippen LogP contribution in [0.15, 0.2) is 18.2 Å². The molecule has 1 aliphatic rings. The van der Waals surface area contributed by atoms with Crippen LogP contribution in [0.3, 0.4) is 0 Å². The molecule has 1 fully saturated rings. The molecule has 26 heavy (non-hydrogen) atoms. The molecule has 0 aromatic heterocycles. The predicted molar refractivity (Wildman–Crippen MR) is 104 cm³/mol. The minimum absolute atomic E-state index is 0.0470. The van der Waals surface area contributed by atoms with Crippen LogP contribution in [-0.4, -0.2) is 61.6 Å². The van der Waals surface area contributed by atoms with Crippen LogP contribution in [0.1, 0.15) is 36.5 Å². The molecule has 144 valence electrons. The number of carbonyl (C=O) groups excluding carboxylic acids is 2. The normalized spacial score (nSPS) is 14.8. The maximum atomic E-state index is 12.2. The Kier molecular flexibility index (Phi) is 8.09. The lowest BCUT2D eigenvalue weighted by Crippen LogP contribution is -2.40. The summed E-state index contributed by atoms with van der Waals surface area (Å²) in [7, 11) is 1.57. The number of hydrogen-bond donors (Lipinski definition) is 1. The fourth-order valence-corrected chi connectivity index (χ4v) is 3.33. The Morgan fingerprint density at radius 1 is 1.27 bits per heavy atom. The molecule has 0 radical (unpaired) electrons. The van der Waals surface area contributed by atoms with E-state index in [4.69, 9.17) is 9.47 Å². The summed E-state index contributed by atoms with van der Waals surface area (Å²) >= 11 is 1.77. The van der Waals surface area contributed by atoms with E-state index in [0.29, 0.717) is 36.7 Å². The van der Waals surface area contributed by atoms with Gasteiger partial charge in [0.05, 0.1) is 7.11 Å². The van der Waals surface area contributed by atoms with Gasteiger partial charge in [0, 0.05) is 45.0 Å². The van der Waals surface area contributed by atoms with Gasteiger partial charge in [-0.25, -0.2) is 0 Å². The van der Waals surface area contributed by atoms with E-state index >= 15 is 0 Å². The fourth-order valence-electron chi connectivity index (χ4n) is 2.89. The van der Waals surface area contributed by atoms with Crippen molar-refractivity contribution in [3.8, 4) is 11.5 Å². The van der Waals surface area contributed by atoms with E-state index in [1.54, 1.807) is 44.0 Å². The van der Waals surface area contributed by atoms with Gasteiger partial charge >= 0.3 is 0 Å². The largest absolute Gasteiger partial charge is 0.493 e. The van der Waals surface area contributed by atoms with E-state index in [1.165, 1.54) is 0 Å². The lowest BCUT2D eigenvalue weighted by atomic mass is 10.1. The highest BCUT2D eigenvalue weighted by Crippen LogP contribution is 2.30. The lowest BCUT2D eigenvalue weighted by Gasteiger charge is -2.31. The molecule has 1 aromatic rings. The number of hydrogen-bond acceptors (Lipinski definition) is 5. The average Bonchev–Trinajstić information content (AvgIpc) is 2.65. The summed E-state index contributed by atoms with van der Waals surface area (Å²) in [5, 5.41) is 2.92. The quantitative estimate of drug-likeness (QED) is 0.702. The lowest BCUT2D eigenvalue weighted by molar-refractivity contribution is -0.130. The summed E-state index contributed by atoms with van der Waals surface area (Å²) in [4.78, 5) is 25.5. The third-order valence-corrected chi connectivity index (χ3v) is 5.11. The maximum absolute atomic E-state index is 12.2. The molecule has 0 unspecified atom stereocenters. The first-order chi connectivity index (χ1) is 12.5. The van der Waals surface area contributed by atoms with Crippen LogP contribution in [0.25, 0.3) is 0 Å². The third-order valence-electron chi connectivity index (χ3n) is 4.42. The molecule has 0 spiro atoms. The predicted octanol–water partition coefficient (Wildman–Crippen LogP) is 2.57. The van der Waals surface area contributed by atoms with E-state index in [0.717, 1.165) is 25.0 Å². The van der Waals surface area contributed by atoms with Gasteiger partial charge in [0.1, 0.15) is 6.10 Å². The molecule has 1 saturated heterocycles. The van der Waals surface area contributed by atoms with Crippen molar-refractivity contribution >= 4 is 23.6 Å². The van der Waals surface area contributed by atoms with Gasteiger partial charge in [0.25, 0.3) is 5.91 Å². The van der Waals surface area contributed by atoms with Gasteiger partial charge in [-0.15, -0.1) is 0 Å². The van der Waals surface area contributed by atoms with Crippen LogP contribution in [0, 0.1) is 0 Å². The molecule has 2 amide bonds. The second-order valence-electron chi connectivity index (χ2n) is 6.29. The fraction of sp³-hybridized carbons (Fsp3) is 0.579. The highest BCUT2D eigenvalue weighted by atomic mass is 32.2. The number of nitrogens with one attached hydrogen (secondary N) is 1. The molecule has 1 heterocycles. The number of carbonyl (C=O) groups is 2. The zero-order chi connectivity index (χ0) is 18.9. The highest BCUT2D eigenvalue weighted by Gasteiger charge is 2.23. The Bertz CT molecular complexity index is 616. The Labute approximate surface area is 159 Å². The number of methoxy groups -OCH3 is 1. The van der Waals surface area contributed by atoms with Crippen molar-refractivity contribution in [1.29, 1.82) is 0 Å². The second kappa shape index (κ2) is 10.3. The summed E-state index contributed by atoms with van der Waals surface area (Å²) < 4.78 is 11.5. The number of likely N-dealkylation sites (tertiary alicyclic amines) is 1. The number of benzene rings is 1. The van der Waals surface area contributed by atoms with Crippen molar-refractivity contribution in [2.75, 3.05) is 38.8 Å². The number of nitrogens with zero attached hydrogens (tertiary/aromatic N) is 1. The van der Waals surface area contributed by atoms with E-state index in [-0.39, 0.29) is 17.9 Å². The number of ether oxygens (including phenoxy) is 2. The van der Waals surface area contributed by atoms with Gasteiger partial charge in [-0.2, -0.15) is 11.8 Å². The van der Waals surface area contributed by atoms with Crippen molar-refractivity contribution in [3.05, 3.63) is 23.8 Å². The first-order valence-corrected chi connectivity index (χ1v) is 10.3. The van der Waals surface area contributed by atoms with Crippen molar-refractivity contribution in [2.24, 2.45) is 0 Å². The minimum Gasteiger partial charge on any atom is -0.493 e. The van der Waals surface area contributed by atoms with E-state index < -0.39 is 0 Å². The molecule has 0 aliphatic carbocycles. The second-order valence-corrected chi connectivity index (χ2v) is 7.28. The first-order valence-electron chi connectivity index (χ1n) is 8.92. The molecule has 0 saturated carbocycles. The molecular weight excluding hydrogens is 352 g/mol. The standard InChI is InChI=1S/C19H28N2O4S/c1-14(22)21-10-7-16(8-11-21)25-17-6-5-15(13-18(17)24-2)19(23)20-9-4-12-26-3/h5-6,13,16H,4,7-12H2,1-3H3,(H,20,23). The molecule has 1 aliphatic heterocycles. The van der Waals surface area contributed by atoms with Gasteiger partial charge in [-0.1, -0.05) is 0 Å². The summed E-state index contributed by atoms with van der Waals surface area (Å²) in [6, 6.07) is 5.25. The Hall–Kier alpha value is -1.89. The monoisotopic (exact) mass is 380 g/mol. The van der Waals surface area contributed by atoms with Gasteiger partial charge in [-0.05, 0) is 36.6 Å². The maximum Gasteiger partial charge on any atom is 0.251 e. The topological polar surface area (TPSA) is 67.9 Å². The summed E-state index contributed by atoms with van der Waals surface area (Å²) in [5.74, 6) is 2.21. The smallest absolute Gasteiger partial charge is 0.251 e. The van der Waals surface area contributed by atoms with E-state index in [9.17, 15) is 9.59 Å². The summed E-state index contributed by atoms with van der Waals surface area (Å²) in [6.45, 7) is 3.67. The van der Waals surface area contributed by atoms with Gasteiger partial charge in [0.15, 0.2) is 11.5 Å². The summed E-state index contributed by atoms with van der Waals surface area (Å²) in [6.07, 6.45) is 4.63. The van der Waals surface area contributed by atoms with Crippen molar-refractivity contribution in [3.63, 3.8) is 0 Å². The number of piperidine rings is 1. The molecule has 7 heteroatoms. The number of rotatable bonds is 8. The van der Waals surface area contributed by atoms with Crippen LogP contribution < -0.4 is 14.8 Å². The van der Waals surface area contributed by atoms with Crippen LogP contribution in [0.5, 0.6) is 11.5 Å². The Morgan fingerprint density at radius 2 is 2.00 bits per heavy atom. The first kappa shape index (κ1) is 20.4. The Balaban J connectivity index is 1.94. The average molecular weight is 381 g/mol. The van der Waals surface area contributed by atoms with Crippen molar-refractivity contribution < 1.29 is 19.1 Å².